The Balaban J connectivity index is 1.75. The number of hydrogen-bond acceptors (Lipinski definition) is 1. The van der Waals surface area contributed by atoms with Crippen molar-refractivity contribution in [2.75, 3.05) is 0 Å². The first kappa shape index (κ1) is 13.3. The highest BCUT2D eigenvalue weighted by Crippen LogP contribution is 2.41. The molecule has 0 unspecified atom stereocenters. The fourth-order valence-electron chi connectivity index (χ4n) is 3.28. The van der Waals surface area contributed by atoms with Crippen LogP contribution in [-0.2, 0) is 5.54 Å². The minimum absolute atomic E-state index is 0.197. The second-order valence-electron chi connectivity index (χ2n) is 5.85. The van der Waals surface area contributed by atoms with Gasteiger partial charge in [0.2, 0.25) is 0 Å². The van der Waals surface area contributed by atoms with Gasteiger partial charge in [-0.3, -0.25) is 0 Å². The van der Waals surface area contributed by atoms with Gasteiger partial charge >= 0.3 is 0 Å². The van der Waals surface area contributed by atoms with Gasteiger partial charge in [0.05, 0.1) is 0 Å². The average Bonchev–Trinajstić information content (AvgIpc) is 2.49. The van der Waals surface area contributed by atoms with Crippen LogP contribution in [0.1, 0.15) is 42.7 Å². The van der Waals surface area contributed by atoms with Crippen LogP contribution in [-0.4, -0.2) is 0 Å². The maximum Gasteiger partial charge on any atom is 0.123 e. The first-order valence-corrected chi connectivity index (χ1v) is 7.27. The van der Waals surface area contributed by atoms with Gasteiger partial charge in [-0.15, -0.1) is 0 Å². The van der Waals surface area contributed by atoms with Crippen molar-refractivity contribution >= 4 is 0 Å². The van der Waals surface area contributed by atoms with Gasteiger partial charge in [0.15, 0.2) is 0 Å². The number of nitrogens with two attached hydrogens (primary N) is 1. The van der Waals surface area contributed by atoms with Crippen molar-refractivity contribution < 1.29 is 4.39 Å². The Bertz CT molecular complexity index is 571. The predicted molar refractivity (Wildman–Crippen MR) is 79.9 cm³/mol. The van der Waals surface area contributed by atoms with Crippen LogP contribution < -0.4 is 5.73 Å². The number of hydrogen-bond donors (Lipinski definition) is 1. The van der Waals surface area contributed by atoms with Crippen molar-refractivity contribution in [3.8, 4) is 0 Å². The van der Waals surface area contributed by atoms with Gasteiger partial charge in [0.25, 0.3) is 0 Å². The van der Waals surface area contributed by atoms with Crippen LogP contribution in [0.25, 0.3) is 0 Å². The van der Waals surface area contributed by atoms with Crippen molar-refractivity contribution in [1.29, 1.82) is 0 Å². The molecule has 2 N–H and O–H groups in total. The van der Waals surface area contributed by atoms with E-state index in [9.17, 15) is 4.39 Å². The zero-order valence-electron chi connectivity index (χ0n) is 11.6. The molecule has 0 aromatic heterocycles. The van der Waals surface area contributed by atoms with Crippen LogP contribution in [0.3, 0.4) is 0 Å². The van der Waals surface area contributed by atoms with Crippen LogP contribution in [0.5, 0.6) is 0 Å². The normalized spacial score (nSPS) is 26.4. The van der Waals surface area contributed by atoms with Gasteiger partial charge in [-0.2, -0.15) is 0 Å². The van der Waals surface area contributed by atoms with E-state index in [1.54, 1.807) is 12.1 Å². The summed E-state index contributed by atoms with van der Waals surface area (Å²) in [5, 5.41) is 0. The summed E-state index contributed by atoms with van der Waals surface area (Å²) in [6.45, 7) is 0. The summed E-state index contributed by atoms with van der Waals surface area (Å²) in [6.07, 6.45) is 3.96. The third-order valence-corrected chi connectivity index (χ3v) is 4.55. The third-order valence-electron chi connectivity index (χ3n) is 4.55. The van der Waals surface area contributed by atoms with Gasteiger partial charge in [0, 0.05) is 5.54 Å². The van der Waals surface area contributed by atoms with Crippen LogP contribution in [0.15, 0.2) is 54.6 Å². The highest BCUT2D eigenvalue weighted by molar-refractivity contribution is 5.27. The molecule has 0 spiro atoms. The van der Waals surface area contributed by atoms with E-state index in [4.69, 9.17) is 5.73 Å². The summed E-state index contributed by atoms with van der Waals surface area (Å²) in [7, 11) is 0. The highest BCUT2D eigenvalue weighted by atomic mass is 19.1. The SMILES string of the molecule is NC1(c2cccc(F)c2)CCC(c2ccccc2)CC1. The number of rotatable bonds is 2. The van der Waals surface area contributed by atoms with Gasteiger partial charge < -0.3 is 5.73 Å². The first-order chi connectivity index (χ1) is 9.67. The standard InChI is InChI=1S/C18H20FN/c19-17-8-4-7-16(13-17)18(20)11-9-15(10-12-18)14-5-2-1-3-6-14/h1-8,13,15H,9-12,20H2. The lowest BCUT2D eigenvalue weighted by Crippen LogP contribution is -2.40. The van der Waals surface area contributed by atoms with E-state index >= 15 is 0 Å². The summed E-state index contributed by atoms with van der Waals surface area (Å²) in [6, 6.07) is 17.4. The fraction of sp³-hybridized carbons (Fsp3) is 0.333. The zero-order chi connectivity index (χ0) is 14.0. The van der Waals surface area contributed by atoms with Crippen molar-refractivity contribution in [3.63, 3.8) is 0 Å². The first-order valence-electron chi connectivity index (χ1n) is 7.27. The van der Waals surface area contributed by atoms with Gasteiger partial charge in [0.1, 0.15) is 5.82 Å². The summed E-state index contributed by atoms with van der Waals surface area (Å²) in [4.78, 5) is 0. The molecule has 2 heteroatoms. The molecular formula is C18H20FN. The van der Waals surface area contributed by atoms with Gasteiger partial charge in [-0.25, -0.2) is 4.39 Å². The minimum atomic E-state index is -0.368. The van der Waals surface area contributed by atoms with Crippen LogP contribution in [0.2, 0.25) is 0 Å². The zero-order valence-corrected chi connectivity index (χ0v) is 11.6. The second kappa shape index (κ2) is 5.37. The molecule has 104 valence electrons. The van der Waals surface area contributed by atoms with E-state index in [-0.39, 0.29) is 11.4 Å². The summed E-state index contributed by atoms with van der Waals surface area (Å²) in [5.41, 5.74) is 8.49. The van der Waals surface area contributed by atoms with Gasteiger partial charge in [-0.05, 0) is 54.9 Å². The molecule has 0 saturated heterocycles. The maximum atomic E-state index is 13.4. The van der Waals surface area contributed by atoms with Crippen molar-refractivity contribution in [3.05, 3.63) is 71.5 Å². The minimum Gasteiger partial charge on any atom is -0.321 e. The smallest absolute Gasteiger partial charge is 0.123 e. The van der Waals surface area contributed by atoms with E-state index < -0.39 is 0 Å². The average molecular weight is 269 g/mol. The lowest BCUT2D eigenvalue weighted by molar-refractivity contribution is 0.276. The molecule has 1 fully saturated rings. The second-order valence-corrected chi connectivity index (χ2v) is 5.85. The molecule has 0 amide bonds. The quantitative estimate of drug-likeness (QED) is 0.862. The fourth-order valence-corrected chi connectivity index (χ4v) is 3.28. The van der Waals surface area contributed by atoms with Crippen molar-refractivity contribution in [1.82, 2.24) is 0 Å². The molecule has 1 aliphatic carbocycles. The van der Waals surface area contributed by atoms with E-state index in [1.807, 2.05) is 12.1 Å². The predicted octanol–water partition coefficient (Wildman–Crippen LogP) is 4.34. The Kier molecular flexibility index (Phi) is 3.58. The number of benzene rings is 2. The summed E-state index contributed by atoms with van der Waals surface area (Å²) < 4.78 is 13.4. The molecule has 1 nitrogen and oxygen atoms in total. The monoisotopic (exact) mass is 269 g/mol. The Morgan fingerprint density at radius 1 is 0.950 bits per heavy atom. The molecule has 0 atom stereocenters. The largest absolute Gasteiger partial charge is 0.321 e. The maximum absolute atomic E-state index is 13.4. The molecule has 3 rings (SSSR count). The molecule has 1 saturated carbocycles. The molecule has 0 heterocycles. The molecule has 2 aromatic rings. The van der Waals surface area contributed by atoms with Crippen LogP contribution >= 0.6 is 0 Å². The third kappa shape index (κ3) is 2.61. The lowest BCUT2D eigenvalue weighted by Gasteiger charge is -2.38. The van der Waals surface area contributed by atoms with E-state index in [0.29, 0.717) is 5.92 Å². The molecule has 20 heavy (non-hydrogen) atoms. The molecule has 0 bridgehead atoms. The molecule has 2 aromatic carbocycles. The number of halogens is 1. The summed E-state index contributed by atoms with van der Waals surface area (Å²) in [5.74, 6) is 0.388. The van der Waals surface area contributed by atoms with Gasteiger partial charge in [-0.1, -0.05) is 42.5 Å². The molecular weight excluding hydrogens is 249 g/mol. The van der Waals surface area contributed by atoms with E-state index in [1.165, 1.54) is 11.6 Å². The Labute approximate surface area is 119 Å². The Morgan fingerprint density at radius 3 is 2.30 bits per heavy atom. The topological polar surface area (TPSA) is 26.0 Å². The Hall–Kier alpha value is -1.67. The van der Waals surface area contributed by atoms with Crippen LogP contribution in [0, 0.1) is 5.82 Å². The molecule has 0 aliphatic heterocycles. The van der Waals surface area contributed by atoms with Crippen LogP contribution in [0.4, 0.5) is 4.39 Å². The lowest BCUT2D eigenvalue weighted by atomic mass is 9.71. The summed E-state index contributed by atoms with van der Waals surface area (Å²) >= 11 is 0. The van der Waals surface area contributed by atoms with E-state index in [2.05, 4.69) is 24.3 Å². The Morgan fingerprint density at radius 2 is 1.65 bits per heavy atom. The van der Waals surface area contributed by atoms with E-state index in [0.717, 1.165) is 31.2 Å². The molecule has 1 aliphatic rings. The van der Waals surface area contributed by atoms with Crippen molar-refractivity contribution in [2.24, 2.45) is 5.73 Å². The molecule has 0 radical (unpaired) electrons. The van der Waals surface area contributed by atoms with Crippen molar-refractivity contribution in [2.45, 2.75) is 37.1 Å². The highest BCUT2D eigenvalue weighted by Gasteiger charge is 2.33.